The minimum atomic E-state index is -2.51. The van der Waals surface area contributed by atoms with Crippen molar-refractivity contribution in [1.82, 2.24) is 0 Å². The van der Waals surface area contributed by atoms with E-state index >= 15 is 0 Å². The number of fused-ring (bicyclic) bond motifs is 3. The van der Waals surface area contributed by atoms with Crippen molar-refractivity contribution >= 4 is 41.8 Å². The van der Waals surface area contributed by atoms with Crippen molar-refractivity contribution in [3.05, 3.63) is 75.8 Å². The lowest BCUT2D eigenvalue weighted by atomic mass is 9.71. The van der Waals surface area contributed by atoms with Crippen molar-refractivity contribution in [3.63, 3.8) is 0 Å². The summed E-state index contributed by atoms with van der Waals surface area (Å²) < 4.78 is 39.2. The largest absolute Gasteiger partial charge is 0.505 e. The van der Waals surface area contributed by atoms with Gasteiger partial charge in [-0.1, -0.05) is 0 Å². The Morgan fingerprint density at radius 1 is 0.627 bits per heavy atom. The number of phenols is 9. The molecule has 26 nitrogen and oxygen atoms in total. The van der Waals surface area contributed by atoms with Crippen LogP contribution in [0.15, 0.2) is 59.1 Å². The summed E-state index contributed by atoms with van der Waals surface area (Å²) in [5, 5.41) is 126. The Kier molecular flexibility index (Phi) is 10.8. The van der Waals surface area contributed by atoms with Gasteiger partial charge in [-0.15, -0.1) is 0 Å². The Bertz CT molecular complexity index is 2830. The molecular formula is C41H30O26. The summed E-state index contributed by atoms with van der Waals surface area (Å²) in [7, 11) is 0. The number of hydrogen-bond donors (Lipinski definition) is 12. The SMILES string of the molecule is O=C(O)C=C1C(=O)OC2C3COC(=O)c4cc(O)c(O)c(O)c4-c4c(cc(O)c(O)c4O)C(=O)OC2C(OC(=O)C2=CC(O)=C(O)C4OC(=O)CC1C24)C(OC(=O)c1cc(O)c(O)c(O)c1)O3. The molecule has 8 atom stereocenters. The van der Waals surface area contributed by atoms with Crippen LogP contribution in [0.25, 0.3) is 11.1 Å². The van der Waals surface area contributed by atoms with Gasteiger partial charge < -0.3 is 94.4 Å². The normalized spacial score (nSPS) is 26.5. The maximum absolute atomic E-state index is 14.6. The second-order valence-corrected chi connectivity index (χ2v) is 15.1. The molecule has 26 heteroatoms. The van der Waals surface area contributed by atoms with Gasteiger partial charge in [0, 0.05) is 40.2 Å². The molecule has 0 spiro atoms. The molecular weight excluding hydrogens is 908 g/mol. The average Bonchev–Trinajstić information content (AvgIpc) is 3.27. The van der Waals surface area contributed by atoms with Gasteiger partial charge in [0.05, 0.1) is 23.1 Å². The zero-order chi connectivity index (χ0) is 48.7. The molecule has 3 aromatic rings. The quantitative estimate of drug-likeness (QED) is 0.0742. The molecule has 67 heavy (non-hydrogen) atoms. The zero-order valence-corrected chi connectivity index (χ0v) is 33.1. The first-order valence-electron chi connectivity index (χ1n) is 19.0. The fourth-order valence-corrected chi connectivity index (χ4v) is 8.13. The zero-order valence-electron chi connectivity index (χ0n) is 33.1. The summed E-state index contributed by atoms with van der Waals surface area (Å²) in [6, 6.07) is 2.01. The fraction of sp³-hybridized carbons (Fsp3) is 0.244. The smallest absolute Gasteiger partial charge is 0.340 e. The van der Waals surface area contributed by atoms with Gasteiger partial charge in [0.1, 0.15) is 12.7 Å². The number of carboxylic acid groups (broad SMARTS) is 1. The molecule has 3 fully saturated rings. The minimum Gasteiger partial charge on any atom is -0.505 e. The van der Waals surface area contributed by atoms with Gasteiger partial charge in [-0.05, 0) is 30.3 Å². The topological polar surface area (TPSA) is 427 Å². The highest BCUT2D eigenvalue weighted by atomic mass is 16.7. The number of ether oxygens (including phenoxy) is 7. The maximum atomic E-state index is 14.6. The number of aliphatic carboxylic acids is 1. The molecule has 4 bridgehead atoms. The van der Waals surface area contributed by atoms with Crippen LogP contribution in [0.1, 0.15) is 37.5 Å². The van der Waals surface area contributed by atoms with Crippen LogP contribution in [0.2, 0.25) is 0 Å². The maximum Gasteiger partial charge on any atom is 0.340 e. The third-order valence-electron chi connectivity index (χ3n) is 11.2. The Balaban J connectivity index is 1.37. The second kappa shape index (κ2) is 16.2. The first-order valence-corrected chi connectivity index (χ1v) is 19.0. The highest BCUT2D eigenvalue weighted by Crippen LogP contribution is 2.53. The molecule has 0 amide bonds. The van der Waals surface area contributed by atoms with Crippen molar-refractivity contribution in [3.8, 4) is 62.9 Å². The second-order valence-electron chi connectivity index (χ2n) is 15.1. The number of esters is 6. The number of aliphatic hydroxyl groups excluding tert-OH is 2. The molecule has 3 saturated heterocycles. The molecule has 1 aliphatic carbocycles. The van der Waals surface area contributed by atoms with Gasteiger partial charge in [0.2, 0.25) is 23.9 Å². The number of allylic oxidation sites excluding steroid dienone is 1. The number of carbonyl (C=O) groups is 7. The summed E-state index contributed by atoms with van der Waals surface area (Å²) in [6.07, 6.45) is -14.1. The van der Waals surface area contributed by atoms with Crippen LogP contribution in [0.3, 0.4) is 0 Å². The third-order valence-corrected chi connectivity index (χ3v) is 11.2. The molecule has 8 unspecified atom stereocenters. The molecule has 0 aromatic heterocycles. The third kappa shape index (κ3) is 7.44. The van der Waals surface area contributed by atoms with Crippen molar-refractivity contribution in [2.24, 2.45) is 11.8 Å². The van der Waals surface area contributed by atoms with Gasteiger partial charge >= 0.3 is 41.8 Å². The van der Waals surface area contributed by atoms with E-state index in [1.807, 2.05) is 0 Å². The van der Waals surface area contributed by atoms with Crippen LogP contribution in [0, 0.1) is 11.8 Å². The van der Waals surface area contributed by atoms with Gasteiger partial charge in [0.25, 0.3) is 0 Å². The summed E-state index contributed by atoms with van der Waals surface area (Å²) >= 11 is 0. The molecule has 350 valence electrons. The van der Waals surface area contributed by atoms with E-state index in [1.54, 1.807) is 0 Å². The molecule has 4 heterocycles. The first-order chi connectivity index (χ1) is 31.6. The highest BCUT2D eigenvalue weighted by Gasteiger charge is 2.58. The Morgan fingerprint density at radius 2 is 1.18 bits per heavy atom. The van der Waals surface area contributed by atoms with Crippen LogP contribution in [0.5, 0.6) is 51.7 Å². The lowest BCUT2D eigenvalue weighted by molar-refractivity contribution is -0.290. The number of carboxylic acids is 1. The highest BCUT2D eigenvalue weighted by molar-refractivity contribution is 6.08. The first kappa shape index (κ1) is 44.5. The molecule has 12 N–H and O–H groups in total. The van der Waals surface area contributed by atoms with Gasteiger partial charge in [-0.2, -0.15) is 0 Å². The van der Waals surface area contributed by atoms with Gasteiger partial charge in [0.15, 0.2) is 70.1 Å². The van der Waals surface area contributed by atoms with E-state index in [2.05, 4.69) is 0 Å². The summed E-state index contributed by atoms with van der Waals surface area (Å²) in [5.74, 6) is -28.7. The number of aromatic hydroxyl groups is 9. The molecule has 8 rings (SSSR count). The molecule has 5 aliphatic rings. The number of benzene rings is 3. The van der Waals surface area contributed by atoms with Crippen molar-refractivity contribution in [2.75, 3.05) is 6.61 Å². The number of hydrogen-bond acceptors (Lipinski definition) is 25. The summed E-state index contributed by atoms with van der Waals surface area (Å²) in [5.41, 5.74) is -6.79. The molecule has 0 saturated carbocycles. The van der Waals surface area contributed by atoms with E-state index in [4.69, 9.17) is 33.2 Å². The lowest BCUT2D eigenvalue weighted by Gasteiger charge is -2.44. The van der Waals surface area contributed by atoms with E-state index in [9.17, 15) is 94.8 Å². The van der Waals surface area contributed by atoms with Crippen LogP contribution in [-0.2, 0) is 52.3 Å². The minimum absolute atomic E-state index is 0.251. The number of cyclic esters (lactones) is 1. The van der Waals surface area contributed by atoms with Crippen molar-refractivity contribution in [2.45, 2.75) is 43.2 Å². The molecule has 3 aromatic carbocycles. The predicted octanol–water partition coefficient (Wildman–Crippen LogP) is 0.645. The van der Waals surface area contributed by atoms with Crippen molar-refractivity contribution < 1.29 is 128 Å². The summed E-state index contributed by atoms with van der Waals surface area (Å²) in [4.78, 5) is 96.5. The molecule has 4 aliphatic heterocycles. The Labute approximate surface area is 369 Å². The molecule has 0 radical (unpaired) electrons. The standard InChI is InChI=1S/C41H30O26/c42-15-1-9(2-16(43)26(15)50)36(56)67-41-35-34-32(64-38(58)11(6-21(47)48)10-7-22(49)63-33-23(10)12(39(59)66-35)3-19(46)29(33)53)20(62-41)8-61-37(57)13-4-17(44)27(51)30(54)24(13)25-14(40(60)65-34)5-18(45)28(52)31(25)55/h1-6,10,20,23,32-35,41-46,50-55H,7-8H2,(H,47,48). The van der Waals surface area contributed by atoms with Crippen molar-refractivity contribution in [1.29, 1.82) is 0 Å². The number of phenolic OH excluding ortho intramolecular Hbond substituents is 9. The van der Waals surface area contributed by atoms with E-state index in [0.717, 1.165) is 0 Å². The van der Waals surface area contributed by atoms with Crippen LogP contribution < -0.4 is 0 Å². The lowest BCUT2D eigenvalue weighted by Crippen LogP contribution is -2.63. The summed E-state index contributed by atoms with van der Waals surface area (Å²) in [6.45, 7) is -1.27. The van der Waals surface area contributed by atoms with E-state index in [-0.39, 0.29) is 6.08 Å². The van der Waals surface area contributed by atoms with E-state index < -0.39 is 206 Å². The number of rotatable bonds is 3. The Hall–Kier alpha value is -9.07. The number of carbonyl (C=O) groups excluding carboxylic acids is 6. The van der Waals surface area contributed by atoms with Gasteiger partial charge in [-0.25, -0.2) is 28.8 Å². The number of aliphatic hydroxyl groups is 2. The van der Waals surface area contributed by atoms with Crippen LogP contribution in [-0.4, -0.2) is 146 Å². The van der Waals surface area contributed by atoms with Crippen LogP contribution in [0.4, 0.5) is 0 Å². The monoisotopic (exact) mass is 938 g/mol. The van der Waals surface area contributed by atoms with E-state index in [1.165, 1.54) is 0 Å². The van der Waals surface area contributed by atoms with Gasteiger partial charge in [-0.3, -0.25) is 4.79 Å². The average molecular weight is 939 g/mol. The Morgan fingerprint density at radius 3 is 1.78 bits per heavy atom. The fourth-order valence-electron chi connectivity index (χ4n) is 8.13. The van der Waals surface area contributed by atoms with E-state index in [0.29, 0.717) is 30.3 Å². The predicted molar refractivity (Wildman–Crippen MR) is 204 cm³/mol. The van der Waals surface area contributed by atoms with Crippen LogP contribution >= 0.6 is 0 Å².